The summed E-state index contributed by atoms with van der Waals surface area (Å²) in [5.74, 6) is 0.914. The van der Waals surface area contributed by atoms with Gasteiger partial charge in [-0.3, -0.25) is 4.90 Å². The molecule has 0 saturated carbocycles. The molecule has 1 heterocycles. The molecule has 0 N–H and O–H groups in total. The zero-order chi connectivity index (χ0) is 11.4. The van der Waals surface area contributed by atoms with Gasteiger partial charge in [0.25, 0.3) is 0 Å². The molecular formula is C13H18ClNO. The Morgan fingerprint density at radius 2 is 2.12 bits per heavy atom. The average Bonchev–Trinajstić information content (AvgIpc) is 2.30. The van der Waals surface area contributed by atoms with Gasteiger partial charge in [0, 0.05) is 18.5 Å². The zero-order valence-corrected chi connectivity index (χ0v) is 10.4. The summed E-state index contributed by atoms with van der Waals surface area (Å²) < 4.78 is 5.14. The lowest BCUT2D eigenvalue weighted by atomic mass is 10.1. The monoisotopic (exact) mass is 239 g/mol. The maximum Gasteiger partial charge on any atom is 0.118 e. The number of nitrogens with zero attached hydrogens (tertiary/aromatic N) is 1. The van der Waals surface area contributed by atoms with E-state index in [1.165, 1.54) is 12.0 Å². The van der Waals surface area contributed by atoms with Gasteiger partial charge < -0.3 is 4.74 Å². The molecule has 0 radical (unpaired) electrons. The Balaban J connectivity index is 1.92. The van der Waals surface area contributed by atoms with Crippen molar-refractivity contribution in [3.63, 3.8) is 0 Å². The second kappa shape index (κ2) is 5.55. The van der Waals surface area contributed by atoms with Crippen molar-refractivity contribution in [3.05, 3.63) is 29.8 Å². The van der Waals surface area contributed by atoms with E-state index in [9.17, 15) is 0 Å². The molecule has 88 valence electrons. The van der Waals surface area contributed by atoms with E-state index in [-0.39, 0.29) is 0 Å². The summed E-state index contributed by atoms with van der Waals surface area (Å²) in [6.45, 7) is 3.16. The molecule has 0 aromatic heterocycles. The number of hydrogen-bond acceptors (Lipinski definition) is 2. The Labute approximate surface area is 102 Å². The van der Waals surface area contributed by atoms with Crippen molar-refractivity contribution in [2.45, 2.75) is 24.8 Å². The lowest BCUT2D eigenvalue weighted by molar-refractivity contribution is 0.224. The van der Waals surface area contributed by atoms with Crippen LogP contribution < -0.4 is 4.74 Å². The van der Waals surface area contributed by atoms with E-state index in [1.54, 1.807) is 7.11 Å². The minimum Gasteiger partial charge on any atom is -0.497 e. The Morgan fingerprint density at radius 1 is 1.38 bits per heavy atom. The largest absolute Gasteiger partial charge is 0.497 e. The van der Waals surface area contributed by atoms with Crippen LogP contribution in [0.15, 0.2) is 24.3 Å². The van der Waals surface area contributed by atoms with E-state index in [2.05, 4.69) is 17.0 Å². The van der Waals surface area contributed by atoms with Crippen LogP contribution in [0.25, 0.3) is 0 Å². The lowest BCUT2D eigenvalue weighted by Crippen LogP contribution is -2.35. The van der Waals surface area contributed by atoms with Gasteiger partial charge in [-0.2, -0.15) is 0 Å². The fourth-order valence-corrected chi connectivity index (χ4v) is 2.48. The Bertz CT molecular complexity index is 325. The number of halogens is 1. The SMILES string of the molecule is COc1ccc(CN2CCCC(Cl)C2)cc1. The molecule has 0 bridgehead atoms. The third kappa shape index (κ3) is 3.13. The number of methoxy groups -OCH3 is 1. The van der Waals surface area contributed by atoms with Gasteiger partial charge in [0.15, 0.2) is 0 Å². The summed E-state index contributed by atoms with van der Waals surface area (Å²) in [5.41, 5.74) is 1.33. The van der Waals surface area contributed by atoms with Crippen molar-refractivity contribution in [1.29, 1.82) is 0 Å². The van der Waals surface area contributed by atoms with Crippen LogP contribution in [0.5, 0.6) is 5.75 Å². The maximum absolute atomic E-state index is 6.16. The Morgan fingerprint density at radius 3 is 2.75 bits per heavy atom. The van der Waals surface area contributed by atoms with Crippen molar-refractivity contribution in [2.24, 2.45) is 0 Å². The first-order chi connectivity index (χ1) is 7.78. The van der Waals surface area contributed by atoms with Gasteiger partial charge in [-0.15, -0.1) is 11.6 Å². The van der Waals surface area contributed by atoms with Crippen molar-refractivity contribution in [1.82, 2.24) is 4.90 Å². The summed E-state index contributed by atoms with van der Waals surface area (Å²) in [5, 5.41) is 0.326. The fraction of sp³-hybridized carbons (Fsp3) is 0.538. The van der Waals surface area contributed by atoms with Gasteiger partial charge in [-0.25, -0.2) is 0 Å². The molecule has 1 unspecified atom stereocenters. The zero-order valence-electron chi connectivity index (χ0n) is 9.66. The number of benzene rings is 1. The Hall–Kier alpha value is -0.730. The molecule has 1 aliphatic rings. The summed E-state index contributed by atoms with van der Waals surface area (Å²) in [4.78, 5) is 2.42. The van der Waals surface area contributed by atoms with Gasteiger partial charge in [0.05, 0.1) is 7.11 Å². The van der Waals surface area contributed by atoms with Gasteiger partial charge in [-0.1, -0.05) is 12.1 Å². The van der Waals surface area contributed by atoms with Crippen LogP contribution in [0.3, 0.4) is 0 Å². The molecule has 1 atom stereocenters. The molecule has 1 saturated heterocycles. The fourth-order valence-electron chi connectivity index (χ4n) is 2.13. The van der Waals surface area contributed by atoms with Crippen molar-refractivity contribution in [3.8, 4) is 5.75 Å². The van der Waals surface area contributed by atoms with Crippen LogP contribution >= 0.6 is 11.6 Å². The highest BCUT2D eigenvalue weighted by atomic mass is 35.5. The number of piperidine rings is 1. The minimum atomic E-state index is 0.326. The summed E-state index contributed by atoms with van der Waals surface area (Å²) >= 11 is 6.16. The van der Waals surface area contributed by atoms with E-state index in [4.69, 9.17) is 16.3 Å². The van der Waals surface area contributed by atoms with Gasteiger partial charge >= 0.3 is 0 Å². The normalized spacial score (nSPS) is 22.0. The van der Waals surface area contributed by atoms with Gasteiger partial charge in [0.2, 0.25) is 0 Å². The number of hydrogen-bond donors (Lipinski definition) is 0. The quantitative estimate of drug-likeness (QED) is 0.753. The number of ether oxygens (including phenoxy) is 1. The highest BCUT2D eigenvalue weighted by molar-refractivity contribution is 6.20. The van der Waals surface area contributed by atoms with Crippen LogP contribution in [-0.2, 0) is 6.54 Å². The molecule has 1 aromatic carbocycles. The highest BCUT2D eigenvalue weighted by Gasteiger charge is 2.17. The standard InChI is InChI=1S/C13H18ClNO/c1-16-13-6-4-11(5-7-13)9-15-8-2-3-12(14)10-15/h4-7,12H,2-3,8-10H2,1H3. The molecule has 2 rings (SSSR count). The molecule has 0 aliphatic carbocycles. The molecule has 16 heavy (non-hydrogen) atoms. The van der Waals surface area contributed by atoms with Crippen LogP contribution in [-0.4, -0.2) is 30.5 Å². The molecule has 0 spiro atoms. The smallest absolute Gasteiger partial charge is 0.118 e. The maximum atomic E-state index is 6.16. The van der Waals surface area contributed by atoms with Crippen LogP contribution in [0, 0.1) is 0 Å². The van der Waals surface area contributed by atoms with E-state index in [1.807, 2.05) is 12.1 Å². The first-order valence-corrected chi connectivity index (χ1v) is 6.21. The van der Waals surface area contributed by atoms with E-state index < -0.39 is 0 Å². The molecule has 3 heteroatoms. The predicted molar refractivity (Wildman–Crippen MR) is 67.1 cm³/mol. The summed E-state index contributed by atoms with van der Waals surface area (Å²) in [6, 6.07) is 8.27. The highest BCUT2D eigenvalue weighted by Crippen LogP contribution is 2.18. The minimum absolute atomic E-state index is 0.326. The first kappa shape index (κ1) is 11.7. The van der Waals surface area contributed by atoms with Gasteiger partial charge in [0.1, 0.15) is 5.75 Å². The number of rotatable bonds is 3. The van der Waals surface area contributed by atoms with Crippen molar-refractivity contribution >= 4 is 11.6 Å². The van der Waals surface area contributed by atoms with Crippen molar-refractivity contribution in [2.75, 3.05) is 20.2 Å². The van der Waals surface area contributed by atoms with E-state index in [0.29, 0.717) is 5.38 Å². The second-order valence-electron chi connectivity index (χ2n) is 4.32. The third-order valence-electron chi connectivity index (χ3n) is 3.01. The first-order valence-electron chi connectivity index (χ1n) is 5.77. The lowest BCUT2D eigenvalue weighted by Gasteiger charge is -2.29. The van der Waals surface area contributed by atoms with Crippen molar-refractivity contribution < 1.29 is 4.74 Å². The summed E-state index contributed by atoms with van der Waals surface area (Å²) in [6.07, 6.45) is 2.37. The number of alkyl halides is 1. The summed E-state index contributed by atoms with van der Waals surface area (Å²) in [7, 11) is 1.69. The van der Waals surface area contributed by atoms with Crippen LogP contribution in [0.1, 0.15) is 18.4 Å². The molecule has 0 amide bonds. The van der Waals surface area contributed by atoms with Crippen LogP contribution in [0.2, 0.25) is 0 Å². The Kier molecular flexibility index (Phi) is 4.08. The average molecular weight is 240 g/mol. The third-order valence-corrected chi connectivity index (χ3v) is 3.37. The van der Waals surface area contributed by atoms with E-state index in [0.717, 1.165) is 31.8 Å². The topological polar surface area (TPSA) is 12.5 Å². The second-order valence-corrected chi connectivity index (χ2v) is 4.94. The molecule has 2 nitrogen and oxygen atoms in total. The van der Waals surface area contributed by atoms with Gasteiger partial charge in [-0.05, 0) is 37.1 Å². The predicted octanol–water partition coefficient (Wildman–Crippen LogP) is 2.90. The molecular weight excluding hydrogens is 222 g/mol. The van der Waals surface area contributed by atoms with E-state index >= 15 is 0 Å². The molecule has 1 aliphatic heterocycles. The molecule has 1 fully saturated rings. The van der Waals surface area contributed by atoms with Crippen LogP contribution in [0.4, 0.5) is 0 Å². The molecule has 1 aromatic rings. The number of likely N-dealkylation sites (tertiary alicyclic amines) is 1.